The van der Waals surface area contributed by atoms with Crippen LogP contribution in [0.4, 0.5) is 5.69 Å². The minimum absolute atomic E-state index is 0.401. The Labute approximate surface area is 98.6 Å². The number of rotatable bonds is 3. The highest BCUT2D eigenvalue weighted by Gasteiger charge is 2.14. The third kappa shape index (κ3) is 2.15. The summed E-state index contributed by atoms with van der Waals surface area (Å²) in [5, 5.41) is 10.6. The molecule has 0 saturated heterocycles. The predicted octanol–water partition coefficient (Wildman–Crippen LogP) is 2.27. The highest BCUT2D eigenvalue weighted by molar-refractivity contribution is 5.95. The van der Waals surface area contributed by atoms with Crippen molar-refractivity contribution in [1.29, 1.82) is 0 Å². The molecule has 0 saturated carbocycles. The molecule has 0 amide bonds. The number of ether oxygens (including phenoxy) is 1. The summed E-state index contributed by atoms with van der Waals surface area (Å²) in [5.74, 6) is -0.615. The third-order valence-corrected chi connectivity index (χ3v) is 2.58. The first-order valence-electron chi connectivity index (χ1n) is 5.26. The van der Waals surface area contributed by atoms with E-state index in [2.05, 4.69) is 0 Å². The first-order chi connectivity index (χ1) is 8.09. The van der Waals surface area contributed by atoms with Crippen molar-refractivity contribution in [3.8, 4) is 5.75 Å². The number of carboxylic acid groups (broad SMARTS) is 1. The zero-order valence-electron chi connectivity index (χ0n) is 9.38. The third-order valence-electron chi connectivity index (χ3n) is 2.58. The number of nitrogen functional groups attached to an aromatic ring is 1. The second kappa shape index (κ2) is 4.33. The summed E-state index contributed by atoms with van der Waals surface area (Å²) in [7, 11) is 0. The van der Waals surface area contributed by atoms with Crippen LogP contribution in [0.15, 0.2) is 36.4 Å². The van der Waals surface area contributed by atoms with Crippen LogP contribution in [0, 0.1) is 0 Å². The lowest BCUT2D eigenvalue weighted by Gasteiger charge is -2.13. The molecule has 3 N–H and O–H groups in total. The molecule has 1 unspecified atom stereocenters. The summed E-state index contributed by atoms with van der Waals surface area (Å²) < 4.78 is 5.29. The van der Waals surface area contributed by atoms with Gasteiger partial charge < -0.3 is 15.6 Å². The van der Waals surface area contributed by atoms with Crippen LogP contribution in [-0.4, -0.2) is 17.2 Å². The molecule has 1 atom stereocenters. The Kier molecular flexibility index (Phi) is 2.87. The number of fused-ring (bicyclic) bond motifs is 1. The fraction of sp³-hybridized carbons (Fsp3) is 0.154. The van der Waals surface area contributed by atoms with Gasteiger partial charge >= 0.3 is 5.97 Å². The number of anilines is 1. The lowest BCUT2D eigenvalue weighted by Crippen LogP contribution is -2.23. The van der Waals surface area contributed by atoms with Gasteiger partial charge in [0, 0.05) is 5.39 Å². The van der Waals surface area contributed by atoms with Crippen LogP contribution in [0.1, 0.15) is 6.92 Å². The molecule has 0 spiro atoms. The van der Waals surface area contributed by atoms with Crippen molar-refractivity contribution in [2.24, 2.45) is 0 Å². The molecular formula is C13H13NO3. The Morgan fingerprint density at radius 3 is 2.71 bits per heavy atom. The molecule has 0 radical (unpaired) electrons. The van der Waals surface area contributed by atoms with Gasteiger partial charge in [-0.05, 0) is 18.4 Å². The van der Waals surface area contributed by atoms with Crippen molar-refractivity contribution < 1.29 is 14.6 Å². The molecule has 2 aromatic rings. The first kappa shape index (κ1) is 11.3. The normalized spacial score (nSPS) is 12.3. The summed E-state index contributed by atoms with van der Waals surface area (Å²) in [6, 6.07) is 11.2. The van der Waals surface area contributed by atoms with Crippen molar-refractivity contribution >= 4 is 22.4 Å². The van der Waals surface area contributed by atoms with E-state index in [-0.39, 0.29) is 0 Å². The van der Waals surface area contributed by atoms with Gasteiger partial charge in [-0.1, -0.05) is 30.3 Å². The van der Waals surface area contributed by atoms with Crippen molar-refractivity contribution in [3.05, 3.63) is 36.4 Å². The molecule has 0 aliphatic carbocycles. The number of aliphatic carboxylic acids is 1. The van der Waals surface area contributed by atoms with Crippen LogP contribution >= 0.6 is 0 Å². The average Bonchev–Trinajstić information content (AvgIpc) is 2.33. The molecule has 0 aliphatic heterocycles. The zero-order valence-corrected chi connectivity index (χ0v) is 9.38. The molecule has 0 fully saturated rings. The second-order valence-electron chi connectivity index (χ2n) is 3.80. The van der Waals surface area contributed by atoms with E-state index in [1.807, 2.05) is 30.3 Å². The topological polar surface area (TPSA) is 72.5 Å². The van der Waals surface area contributed by atoms with Gasteiger partial charge in [0.25, 0.3) is 0 Å². The minimum atomic E-state index is -1.02. The highest BCUT2D eigenvalue weighted by atomic mass is 16.5. The summed E-state index contributed by atoms with van der Waals surface area (Å²) in [4.78, 5) is 10.7. The summed E-state index contributed by atoms with van der Waals surface area (Å²) in [6.45, 7) is 1.47. The molecular weight excluding hydrogens is 218 g/mol. The molecule has 2 rings (SSSR count). The lowest BCUT2D eigenvalue weighted by molar-refractivity contribution is -0.144. The maximum absolute atomic E-state index is 10.7. The van der Waals surface area contributed by atoms with Gasteiger partial charge in [-0.2, -0.15) is 0 Å². The Bertz CT molecular complexity index is 566. The number of carboxylic acids is 1. The maximum Gasteiger partial charge on any atom is 0.344 e. The lowest BCUT2D eigenvalue weighted by atomic mass is 10.1. The van der Waals surface area contributed by atoms with Gasteiger partial charge in [-0.15, -0.1) is 0 Å². The van der Waals surface area contributed by atoms with E-state index >= 15 is 0 Å². The number of nitrogens with two attached hydrogens (primary N) is 1. The molecule has 4 heteroatoms. The number of hydrogen-bond donors (Lipinski definition) is 2. The fourth-order valence-corrected chi connectivity index (χ4v) is 1.62. The van der Waals surface area contributed by atoms with Crippen molar-refractivity contribution in [3.63, 3.8) is 0 Å². The number of benzene rings is 2. The van der Waals surface area contributed by atoms with Gasteiger partial charge in [0.05, 0.1) is 5.69 Å². The Balaban J connectivity index is 2.42. The van der Waals surface area contributed by atoms with E-state index < -0.39 is 12.1 Å². The van der Waals surface area contributed by atoms with E-state index in [9.17, 15) is 4.79 Å². The van der Waals surface area contributed by atoms with E-state index in [1.54, 1.807) is 6.07 Å². The molecule has 0 aromatic heterocycles. The SMILES string of the molecule is CC(Oc1ccc2ccccc2c1N)C(=O)O. The summed E-state index contributed by atoms with van der Waals surface area (Å²) in [6.07, 6.45) is -0.918. The van der Waals surface area contributed by atoms with Crippen LogP contribution in [0.5, 0.6) is 5.75 Å². The van der Waals surface area contributed by atoms with Gasteiger partial charge in [0.2, 0.25) is 0 Å². The Morgan fingerprint density at radius 2 is 2.00 bits per heavy atom. The highest BCUT2D eigenvalue weighted by Crippen LogP contribution is 2.30. The van der Waals surface area contributed by atoms with Crippen LogP contribution in [0.3, 0.4) is 0 Å². The Morgan fingerprint density at radius 1 is 1.29 bits per heavy atom. The van der Waals surface area contributed by atoms with Gasteiger partial charge in [-0.25, -0.2) is 4.79 Å². The van der Waals surface area contributed by atoms with E-state index in [0.717, 1.165) is 10.8 Å². The van der Waals surface area contributed by atoms with Crippen molar-refractivity contribution in [1.82, 2.24) is 0 Å². The van der Waals surface area contributed by atoms with Crippen LogP contribution in [-0.2, 0) is 4.79 Å². The van der Waals surface area contributed by atoms with Gasteiger partial charge in [0.1, 0.15) is 5.75 Å². The van der Waals surface area contributed by atoms with Gasteiger partial charge in [-0.3, -0.25) is 0 Å². The summed E-state index contributed by atoms with van der Waals surface area (Å²) >= 11 is 0. The average molecular weight is 231 g/mol. The standard InChI is InChI=1S/C13H13NO3/c1-8(13(15)16)17-11-7-6-9-4-2-3-5-10(9)12(11)14/h2-8H,14H2,1H3,(H,15,16). The molecule has 88 valence electrons. The molecule has 4 nitrogen and oxygen atoms in total. The molecule has 0 heterocycles. The van der Waals surface area contributed by atoms with E-state index in [0.29, 0.717) is 11.4 Å². The van der Waals surface area contributed by atoms with Crippen molar-refractivity contribution in [2.45, 2.75) is 13.0 Å². The monoisotopic (exact) mass is 231 g/mol. The maximum atomic E-state index is 10.7. The first-order valence-corrected chi connectivity index (χ1v) is 5.26. The quantitative estimate of drug-likeness (QED) is 0.795. The molecule has 2 aromatic carbocycles. The van der Waals surface area contributed by atoms with Crippen LogP contribution in [0.2, 0.25) is 0 Å². The second-order valence-corrected chi connectivity index (χ2v) is 3.80. The number of carbonyl (C=O) groups is 1. The Hall–Kier alpha value is -2.23. The van der Waals surface area contributed by atoms with E-state index in [4.69, 9.17) is 15.6 Å². The molecule has 0 bridgehead atoms. The smallest absolute Gasteiger partial charge is 0.344 e. The number of hydrogen-bond acceptors (Lipinski definition) is 3. The predicted molar refractivity (Wildman–Crippen MR) is 66.1 cm³/mol. The fourth-order valence-electron chi connectivity index (χ4n) is 1.62. The van der Waals surface area contributed by atoms with Gasteiger partial charge in [0.15, 0.2) is 6.10 Å². The van der Waals surface area contributed by atoms with E-state index in [1.165, 1.54) is 6.92 Å². The zero-order chi connectivity index (χ0) is 12.4. The molecule has 17 heavy (non-hydrogen) atoms. The minimum Gasteiger partial charge on any atom is -0.479 e. The largest absolute Gasteiger partial charge is 0.479 e. The summed E-state index contributed by atoms with van der Waals surface area (Å²) in [5.41, 5.74) is 6.42. The van der Waals surface area contributed by atoms with Crippen LogP contribution in [0.25, 0.3) is 10.8 Å². The van der Waals surface area contributed by atoms with Crippen molar-refractivity contribution in [2.75, 3.05) is 5.73 Å². The van der Waals surface area contributed by atoms with Crippen LogP contribution < -0.4 is 10.5 Å². The molecule has 0 aliphatic rings.